The van der Waals surface area contributed by atoms with E-state index in [9.17, 15) is 15.3 Å². The van der Waals surface area contributed by atoms with E-state index in [0.29, 0.717) is 6.54 Å². The predicted octanol–water partition coefficient (Wildman–Crippen LogP) is -2.77. The van der Waals surface area contributed by atoms with Crippen molar-refractivity contribution in [3.63, 3.8) is 0 Å². The molecule has 6 heteroatoms. The topological polar surface area (TPSA) is 104 Å². The zero-order chi connectivity index (χ0) is 11.9. The molecule has 0 rings (SSSR count). The maximum absolute atomic E-state index is 9.53. The third kappa shape index (κ3) is 4.02. The van der Waals surface area contributed by atoms with E-state index in [1.165, 1.54) is 0 Å². The first-order valence-corrected chi connectivity index (χ1v) is 4.86. The van der Waals surface area contributed by atoms with Crippen molar-refractivity contribution in [3.05, 3.63) is 0 Å². The Bertz CT molecular complexity index is 163. The van der Waals surface area contributed by atoms with Crippen LogP contribution in [0.3, 0.4) is 0 Å². The van der Waals surface area contributed by atoms with Crippen LogP contribution in [0, 0.1) is 5.41 Å². The molecule has 0 fully saturated rings. The number of hydrogen-bond donors (Lipinski definition) is 5. The Labute approximate surface area is 89.4 Å². The van der Waals surface area contributed by atoms with E-state index < -0.39 is 31.3 Å². The monoisotopic (exact) mass is 223 g/mol. The molecule has 0 spiro atoms. The van der Waals surface area contributed by atoms with Crippen LogP contribution in [0.4, 0.5) is 0 Å². The van der Waals surface area contributed by atoms with Gasteiger partial charge in [-0.1, -0.05) is 0 Å². The molecule has 0 aliphatic carbocycles. The third-order valence-electron chi connectivity index (χ3n) is 2.58. The second-order valence-corrected chi connectivity index (χ2v) is 3.84. The molecular formula is C9H21NO5. The van der Waals surface area contributed by atoms with Crippen LogP contribution in [0.15, 0.2) is 0 Å². The highest BCUT2D eigenvalue weighted by Gasteiger charge is 2.37. The van der Waals surface area contributed by atoms with Gasteiger partial charge in [-0.15, -0.1) is 0 Å². The Hall–Kier alpha value is -0.240. The van der Waals surface area contributed by atoms with E-state index in [1.54, 1.807) is 11.9 Å². The number of aliphatic hydroxyl groups is 5. The maximum atomic E-state index is 9.53. The molecule has 0 aromatic heterocycles. The normalized spacial score (nSPS) is 14.6. The first kappa shape index (κ1) is 14.8. The molecule has 0 aliphatic heterocycles. The summed E-state index contributed by atoms with van der Waals surface area (Å²) in [5.74, 6) is 0. The van der Waals surface area contributed by atoms with E-state index in [-0.39, 0.29) is 13.2 Å². The summed E-state index contributed by atoms with van der Waals surface area (Å²) in [7, 11) is 1.69. The fraction of sp³-hybridized carbons (Fsp3) is 1.00. The van der Waals surface area contributed by atoms with Gasteiger partial charge in [-0.05, 0) is 7.05 Å². The van der Waals surface area contributed by atoms with Crippen molar-refractivity contribution in [1.82, 2.24) is 4.90 Å². The second-order valence-electron chi connectivity index (χ2n) is 3.84. The van der Waals surface area contributed by atoms with Gasteiger partial charge in [-0.3, -0.25) is 0 Å². The van der Waals surface area contributed by atoms with E-state index in [4.69, 9.17) is 10.2 Å². The summed E-state index contributed by atoms with van der Waals surface area (Å²) in [5.41, 5.74) is -1.15. The van der Waals surface area contributed by atoms with E-state index in [2.05, 4.69) is 0 Å². The minimum absolute atomic E-state index is 0.0430. The fourth-order valence-corrected chi connectivity index (χ4v) is 1.45. The SMILES string of the molecule is CN(CCO)CC(CO)(CO)C(O)CO. The number of likely N-dealkylation sites (N-methyl/N-ethyl adjacent to an activating group) is 1. The van der Waals surface area contributed by atoms with Crippen molar-refractivity contribution in [2.75, 3.05) is 46.6 Å². The largest absolute Gasteiger partial charge is 0.396 e. The van der Waals surface area contributed by atoms with Gasteiger partial charge in [0.05, 0.1) is 37.9 Å². The Morgan fingerprint density at radius 3 is 2.00 bits per heavy atom. The number of hydrogen-bond acceptors (Lipinski definition) is 6. The third-order valence-corrected chi connectivity index (χ3v) is 2.58. The van der Waals surface area contributed by atoms with Crippen molar-refractivity contribution in [1.29, 1.82) is 0 Å². The summed E-state index contributed by atoms with van der Waals surface area (Å²) in [6.07, 6.45) is -1.19. The van der Waals surface area contributed by atoms with Crippen LogP contribution in [0.2, 0.25) is 0 Å². The predicted molar refractivity (Wildman–Crippen MR) is 54.3 cm³/mol. The Balaban J connectivity index is 4.48. The van der Waals surface area contributed by atoms with Crippen molar-refractivity contribution in [3.8, 4) is 0 Å². The molecule has 15 heavy (non-hydrogen) atoms. The second kappa shape index (κ2) is 7.10. The summed E-state index contributed by atoms with van der Waals surface area (Å²) in [4.78, 5) is 1.67. The molecule has 5 N–H and O–H groups in total. The standard InChI is InChI=1S/C9H21NO5/c1-10(2-3-11)5-9(6-13,7-14)8(15)4-12/h8,11-15H,2-7H2,1H3. The minimum atomic E-state index is -1.19. The van der Waals surface area contributed by atoms with Crippen LogP contribution < -0.4 is 0 Å². The van der Waals surface area contributed by atoms with Gasteiger partial charge in [0.25, 0.3) is 0 Å². The Kier molecular flexibility index (Phi) is 6.99. The van der Waals surface area contributed by atoms with E-state index in [0.717, 1.165) is 0 Å². The quantitative estimate of drug-likeness (QED) is 0.305. The lowest BCUT2D eigenvalue weighted by molar-refractivity contribution is -0.0881. The number of nitrogens with zero attached hydrogens (tertiary/aromatic N) is 1. The molecular weight excluding hydrogens is 202 g/mol. The highest BCUT2D eigenvalue weighted by Crippen LogP contribution is 2.22. The Morgan fingerprint density at radius 2 is 1.67 bits per heavy atom. The van der Waals surface area contributed by atoms with Crippen molar-refractivity contribution in [2.45, 2.75) is 6.10 Å². The summed E-state index contributed by atoms with van der Waals surface area (Å²) in [5, 5.41) is 45.4. The summed E-state index contributed by atoms with van der Waals surface area (Å²) >= 11 is 0. The molecule has 0 radical (unpaired) electrons. The van der Waals surface area contributed by atoms with Crippen LogP contribution in [0.25, 0.3) is 0 Å². The van der Waals surface area contributed by atoms with Gasteiger partial charge in [0.15, 0.2) is 0 Å². The van der Waals surface area contributed by atoms with Crippen LogP contribution in [0.1, 0.15) is 0 Å². The van der Waals surface area contributed by atoms with Gasteiger partial charge in [-0.2, -0.15) is 0 Å². The molecule has 92 valence electrons. The lowest BCUT2D eigenvalue weighted by Gasteiger charge is -2.37. The minimum Gasteiger partial charge on any atom is -0.396 e. The van der Waals surface area contributed by atoms with Crippen LogP contribution in [-0.4, -0.2) is 83.1 Å². The van der Waals surface area contributed by atoms with E-state index >= 15 is 0 Å². The summed E-state index contributed by atoms with van der Waals surface area (Å²) in [6.45, 7) is -0.850. The van der Waals surface area contributed by atoms with Crippen LogP contribution in [0.5, 0.6) is 0 Å². The zero-order valence-corrected chi connectivity index (χ0v) is 9.00. The first-order chi connectivity index (χ1) is 7.06. The average molecular weight is 223 g/mol. The highest BCUT2D eigenvalue weighted by molar-refractivity contribution is 4.87. The van der Waals surface area contributed by atoms with Crippen molar-refractivity contribution >= 4 is 0 Å². The fourth-order valence-electron chi connectivity index (χ4n) is 1.45. The molecule has 0 heterocycles. The zero-order valence-electron chi connectivity index (χ0n) is 9.00. The highest BCUT2D eigenvalue weighted by atomic mass is 16.3. The molecule has 0 saturated heterocycles. The molecule has 6 nitrogen and oxygen atoms in total. The molecule has 0 aliphatic rings. The van der Waals surface area contributed by atoms with Crippen molar-refractivity contribution in [2.24, 2.45) is 5.41 Å². The first-order valence-electron chi connectivity index (χ1n) is 4.86. The van der Waals surface area contributed by atoms with Crippen LogP contribution >= 0.6 is 0 Å². The van der Waals surface area contributed by atoms with Gasteiger partial charge < -0.3 is 30.4 Å². The number of rotatable bonds is 8. The number of aliphatic hydroxyl groups excluding tert-OH is 5. The Morgan fingerprint density at radius 1 is 1.13 bits per heavy atom. The molecule has 0 aromatic carbocycles. The lowest BCUT2D eigenvalue weighted by Crippen LogP contribution is -2.51. The average Bonchev–Trinajstić information content (AvgIpc) is 2.25. The molecule has 0 saturated carbocycles. The summed E-state index contributed by atoms with van der Waals surface area (Å²) in [6, 6.07) is 0. The van der Waals surface area contributed by atoms with Gasteiger partial charge >= 0.3 is 0 Å². The molecule has 1 atom stereocenters. The smallest absolute Gasteiger partial charge is 0.0883 e. The van der Waals surface area contributed by atoms with Gasteiger partial charge in [0.2, 0.25) is 0 Å². The summed E-state index contributed by atoms with van der Waals surface area (Å²) < 4.78 is 0. The maximum Gasteiger partial charge on any atom is 0.0883 e. The van der Waals surface area contributed by atoms with Gasteiger partial charge in [-0.25, -0.2) is 0 Å². The molecule has 0 amide bonds. The van der Waals surface area contributed by atoms with Gasteiger partial charge in [0.1, 0.15) is 0 Å². The lowest BCUT2D eigenvalue weighted by atomic mass is 9.83. The van der Waals surface area contributed by atoms with Crippen molar-refractivity contribution < 1.29 is 25.5 Å². The van der Waals surface area contributed by atoms with E-state index in [1.807, 2.05) is 0 Å². The molecule has 0 bridgehead atoms. The molecule has 0 aromatic rings. The van der Waals surface area contributed by atoms with Gasteiger partial charge in [0, 0.05) is 13.1 Å². The van der Waals surface area contributed by atoms with Crippen LogP contribution in [-0.2, 0) is 0 Å². The molecule has 1 unspecified atom stereocenters.